The molecule has 0 aliphatic heterocycles. The summed E-state index contributed by atoms with van der Waals surface area (Å²) in [5, 5.41) is 3.67. The van der Waals surface area contributed by atoms with Crippen LogP contribution in [-0.4, -0.2) is 40.0 Å². The van der Waals surface area contributed by atoms with Crippen molar-refractivity contribution in [1.29, 1.82) is 0 Å². The van der Waals surface area contributed by atoms with Crippen molar-refractivity contribution in [3.05, 3.63) is 36.7 Å². The number of nitrogens with zero attached hydrogens (tertiary/aromatic N) is 5. The van der Waals surface area contributed by atoms with E-state index in [0.29, 0.717) is 22.5 Å². The average Bonchev–Trinajstić information content (AvgIpc) is 3.04. The van der Waals surface area contributed by atoms with E-state index in [1.54, 1.807) is 6.20 Å². The van der Waals surface area contributed by atoms with Crippen LogP contribution in [0.5, 0.6) is 5.75 Å². The molecule has 3 aromatic heterocycles. The van der Waals surface area contributed by atoms with Crippen LogP contribution >= 0.6 is 11.5 Å². The number of anilines is 3. The summed E-state index contributed by atoms with van der Waals surface area (Å²) in [6, 6.07) is 6.70. The van der Waals surface area contributed by atoms with E-state index in [2.05, 4.69) is 29.4 Å². The molecular weight excluding hydrogens is 350 g/mol. The second-order valence-corrected chi connectivity index (χ2v) is 5.82. The maximum Gasteiger partial charge on any atom is 0.387 e. The van der Waals surface area contributed by atoms with Crippen molar-refractivity contribution in [2.45, 2.75) is 6.61 Å². The summed E-state index contributed by atoms with van der Waals surface area (Å²) in [5.41, 5.74) is 1.37. The molecule has 130 valence electrons. The maximum absolute atomic E-state index is 12.2. The summed E-state index contributed by atoms with van der Waals surface area (Å²) in [7, 11) is 3.83. The smallest absolute Gasteiger partial charge is 0.387 e. The Morgan fingerprint density at radius 1 is 1.20 bits per heavy atom. The fourth-order valence-electron chi connectivity index (χ4n) is 2.02. The molecule has 0 fully saturated rings. The quantitative estimate of drug-likeness (QED) is 0.718. The molecule has 0 bridgehead atoms. The summed E-state index contributed by atoms with van der Waals surface area (Å²) in [5.74, 6) is 1.03. The van der Waals surface area contributed by atoms with Crippen LogP contribution in [0.2, 0.25) is 0 Å². The van der Waals surface area contributed by atoms with Gasteiger partial charge in [-0.05, 0) is 24.3 Å². The minimum atomic E-state index is -2.88. The van der Waals surface area contributed by atoms with Crippen LogP contribution in [-0.2, 0) is 0 Å². The molecule has 0 saturated carbocycles. The molecule has 3 aromatic rings. The number of nitrogens with one attached hydrogen (secondary N) is 1. The molecule has 0 unspecified atom stereocenters. The van der Waals surface area contributed by atoms with Crippen LogP contribution in [0.4, 0.5) is 25.4 Å². The minimum absolute atomic E-state index is 0.0172. The topological polar surface area (TPSA) is 76.1 Å². The van der Waals surface area contributed by atoms with Gasteiger partial charge in [0, 0.05) is 31.8 Å². The molecule has 0 aliphatic rings. The molecule has 25 heavy (non-hydrogen) atoms. The summed E-state index contributed by atoms with van der Waals surface area (Å²) in [6.07, 6.45) is 2.89. The zero-order valence-corrected chi connectivity index (χ0v) is 14.2. The van der Waals surface area contributed by atoms with Crippen molar-refractivity contribution >= 4 is 28.2 Å². The second-order valence-electron chi connectivity index (χ2n) is 5.07. The molecule has 0 atom stereocenters. The lowest BCUT2D eigenvalue weighted by molar-refractivity contribution is -0.0500. The van der Waals surface area contributed by atoms with E-state index < -0.39 is 6.61 Å². The van der Waals surface area contributed by atoms with Crippen LogP contribution in [0.25, 0.3) is 11.5 Å². The Labute approximate surface area is 146 Å². The van der Waals surface area contributed by atoms with Gasteiger partial charge in [-0.15, -0.1) is 0 Å². The molecule has 0 amide bonds. The van der Waals surface area contributed by atoms with Crippen LogP contribution in [0.3, 0.4) is 0 Å². The maximum atomic E-state index is 12.2. The molecule has 3 rings (SSSR count). The molecule has 10 heteroatoms. The van der Waals surface area contributed by atoms with E-state index in [1.165, 1.54) is 18.3 Å². The SMILES string of the molecule is CN(C)c1cccnc1Nc1nc(-c2ccc(OC(F)F)cn2)ns1. The first kappa shape index (κ1) is 17.0. The van der Waals surface area contributed by atoms with Gasteiger partial charge in [-0.2, -0.15) is 18.1 Å². The van der Waals surface area contributed by atoms with Crippen molar-refractivity contribution in [3.8, 4) is 17.3 Å². The monoisotopic (exact) mass is 364 g/mol. The Kier molecular flexibility index (Phi) is 4.98. The van der Waals surface area contributed by atoms with Crippen molar-refractivity contribution in [1.82, 2.24) is 19.3 Å². The highest BCUT2D eigenvalue weighted by molar-refractivity contribution is 7.09. The number of hydrogen-bond donors (Lipinski definition) is 1. The van der Waals surface area contributed by atoms with Crippen LogP contribution in [0.1, 0.15) is 0 Å². The number of pyridine rings is 2. The number of aromatic nitrogens is 4. The average molecular weight is 364 g/mol. The van der Waals surface area contributed by atoms with Crippen molar-refractivity contribution in [3.63, 3.8) is 0 Å². The Balaban J connectivity index is 1.77. The molecule has 3 heterocycles. The Morgan fingerprint density at radius 2 is 2.04 bits per heavy atom. The summed E-state index contributed by atoms with van der Waals surface area (Å²) in [6.45, 7) is -2.88. The van der Waals surface area contributed by atoms with Gasteiger partial charge in [0.25, 0.3) is 0 Å². The van der Waals surface area contributed by atoms with E-state index >= 15 is 0 Å². The molecular formula is C15H14F2N6OS. The highest BCUT2D eigenvalue weighted by Gasteiger charge is 2.12. The van der Waals surface area contributed by atoms with Gasteiger partial charge in [0.2, 0.25) is 5.13 Å². The summed E-state index contributed by atoms with van der Waals surface area (Å²) in [4.78, 5) is 14.6. The number of hydrogen-bond acceptors (Lipinski definition) is 8. The lowest BCUT2D eigenvalue weighted by atomic mass is 10.3. The molecule has 7 nitrogen and oxygen atoms in total. The largest absolute Gasteiger partial charge is 0.433 e. The highest BCUT2D eigenvalue weighted by atomic mass is 32.1. The van der Waals surface area contributed by atoms with Gasteiger partial charge in [0.05, 0.1) is 11.9 Å². The molecule has 0 radical (unpaired) electrons. The van der Waals surface area contributed by atoms with E-state index in [0.717, 1.165) is 17.2 Å². The molecule has 1 N–H and O–H groups in total. The Morgan fingerprint density at radius 3 is 2.72 bits per heavy atom. The number of halogens is 2. The zero-order valence-electron chi connectivity index (χ0n) is 13.3. The molecule has 0 aromatic carbocycles. The first-order valence-corrected chi connectivity index (χ1v) is 7.94. The summed E-state index contributed by atoms with van der Waals surface area (Å²) >= 11 is 1.15. The predicted molar refractivity (Wildman–Crippen MR) is 91.6 cm³/mol. The van der Waals surface area contributed by atoms with Crippen LogP contribution in [0, 0.1) is 0 Å². The van der Waals surface area contributed by atoms with Crippen molar-refractivity contribution in [2.75, 3.05) is 24.3 Å². The minimum Gasteiger partial charge on any atom is -0.433 e. The van der Waals surface area contributed by atoms with E-state index in [4.69, 9.17) is 0 Å². The zero-order chi connectivity index (χ0) is 17.8. The fraction of sp³-hybridized carbons (Fsp3) is 0.200. The van der Waals surface area contributed by atoms with Gasteiger partial charge in [-0.1, -0.05) is 0 Å². The Bertz CT molecular complexity index is 840. The summed E-state index contributed by atoms with van der Waals surface area (Å²) < 4.78 is 32.8. The standard InChI is InChI=1S/C15H14F2N6OS/c1-23(2)11-4-3-7-18-13(11)21-15-20-12(22-25-15)10-6-5-9(8-19-10)24-14(16)17/h3-8,14H,1-2H3,(H,18,20,21,22). The van der Waals surface area contributed by atoms with E-state index in [1.807, 2.05) is 31.1 Å². The highest BCUT2D eigenvalue weighted by Crippen LogP contribution is 2.27. The first-order chi connectivity index (χ1) is 12.0. The third kappa shape index (κ3) is 4.15. The van der Waals surface area contributed by atoms with Crippen molar-refractivity contribution in [2.24, 2.45) is 0 Å². The van der Waals surface area contributed by atoms with Gasteiger partial charge < -0.3 is 15.0 Å². The van der Waals surface area contributed by atoms with Gasteiger partial charge in [0.1, 0.15) is 11.4 Å². The van der Waals surface area contributed by atoms with Gasteiger partial charge >= 0.3 is 6.61 Å². The lowest BCUT2D eigenvalue weighted by Crippen LogP contribution is -2.11. The number of alkyl halides is 2. The first-order valence-electron chi connectivity index (χ1n) is 7.17. The second kappa shape index (κ2) is 7.34. The molecule has 0 saturated heterocycles. The Hall–Kier alpha value is -2.88. The third-order valence-electron chi connectivity index (χ3n) is 3.11. The van der Waals surface area contributed by atoms with Crippen LogP contribution < -0.4 is 15.0 Å². The fourth-order valence-corrected chi connectivity index (χ4v) is 2.60. The predicted octanol–water partition coefficient (Wildman–Crippen LogP) is 3.41. The normalized spacial score (nSPS) is 10.8. The lowest BCUT2D eigenvalue weighted by Gasteiger charge is -2.15. The molecule has 0 spiro atoms. The number of ether oxygens (including phenoxy) is 1. The van der Waals surface area contributed by atoms with E-state index in [-0.39, 0.29) is 5.75 Å². The number of rotatable bonds is 6. The van der Waals surface area contributed by atoms with Gasteiger partial charge in [-0.3, -0.25) is 0 Å². The van der Waals surface area contributed by atoms with Gasteiger partial charge in [0.15, 0.2) is 11.6 Å². The van der Waals surface area contributed by atoms with E-state index in [9.17, 15) is 8.78 Å². The molecule has 0 aliphatic carbocycles. The third-order valence-corrected chi connectivity index (χ3v) is 3.74. The van der Waals surface area contributed by atoms with Crippen LogP contribution in [0.15, 0.2) is 36.7 Å². The van der Waals surface area contributed by atoms with Gasteiger partial charge in [-0.25, -0.2) is 9.97 Å². The van der Waals surface area contributed by atoms with Crippen molar-refractivity contribution < 1.29 is 13.5 Å².